The third kappa shape index (κ3) is 29.9. The molecule has 0 unspecified atom stereocenters. The first-order valence-corrected chi connectivity index (χ1v) is 25.3. The molecular formula is C51H81O7P. The SMILES string of the molecule is O=P(OCCCCCCCCCCCOc1ccccc1)(OCCCCCCCCCCCOc1ccccc1)OCCCCCCCCCCCOc1ccccc1. The second-order valence-electron chi connectivity index (χ2n) is 16.0. The number of phosphoric ester groups is 1. The second kappa shape index (κ2) is 37.0. The molecule has 0 amide bonds. The van der Waals surface area contributed by atoms with Crippen molar-refractivity contribution in [3.8, 4) is 17.2 Å². The molecule has 0 aliphatic carbocycles. The van der Waals surface area contributed by atoms with Crippen LogP contribution in [0.3, 0.4) is 0 Å². The second-order valence-corrected chi connectivity index (χ2v) is 17.6. The maximum Gasteiger partial charge on any atom is 0.474 e. The highest BCUT2D eigenvalue weighted by molar-refractivity contribution is 7.48. The van der Waals surface area contributed by atoms with Crippen molar-refractivity contribution < 1.29 is 32.3 Å². The summed E-state index contributed by atoms with van der Waals surface area (Å²) in [4.78, 5) is 0. The van der Waals surface area contributed by atoms with E-state index in [1.54, 1.807) is 0 Å². The van der Waals surface area contributed by atoms with E-state index in [4.69, 9.17) is 27.8 Å². The predicted molar refractivity (Wildman–Crippen MR) is 246 cm³/mol. The lowest BCUT2D eigenvalue weighted by molar-refractivity contribution is 0.108. The molecule has 8 heteroatoms. The van der Waals surface area contributed by atoms with Gasteiger partial charge in [0.15, 0.2) is 0 Å². The van der Waals surface area contributed by atoms with Gasteiger partial charge in [-0.2, -0.15) is 0 Å². The third-order valence-electron chi connectivity index (χ3n) is 10.7. The normalized spacial score (nSPS) is 11.5. The fourth-order valence-corrected chi connectivity index (χ4v) is 8.37. The van der Waals surface area contributed by atoms with E-state index in [1.165, 1.54) is 116 Å². The van der Waals surface area contributed by atoms with E-state index in [0.29, 0.717) is 19.8 Å². The molecule has 0 saturated carbocycles. The number of rotatable bonds is 42. The van der Waals surface area contributed by atoms with Gasteiger partial charge in [0.25, 0.3) is 0 Å². The fraction of sp³-hybridized carbons (Fsp3) is 0.647. The van der Waals surface area contributed by atoms with Crippen molar-refractivity contribution in [1.29, 1.82) is 0 Å². The average Bonchev–Trinajstić information content (AvgIpc) is 3.27. The summed E-state index contributed by atoms with van der Waals surface area (Å²) in [6.45, 7) is 3.66. The Balaban J connectivity index is 1.17. The van der Waals surface area contributed by atoms with Crippen LogP contribution in [0, 0.1) is 0 Å². The van der Waals surface area contributed by atoms with Crippen LogP contribution < -0.4 is 14.2 Å². The number of para-hydroxylation sites is 3. The lowest BCUT2D eigenvalue weighted by Crippen LogP contribution is -2.04. The maximum absolute atomic E-state index is 13.6. The number of phosphoric acid groups is 1. The monoisotopic (exact) mass is 837 g/mol. The molecule has 0 saturated heterocycles. The smallest absolute Gasteiger partial charge is 0.474 e. The highest BCUT2D eigenvalue weighted by atomic mass is 31.2. The van der Waals surface area contributed by atoms with Crippen molar-refractivity contribution in [2.75, 3.05) is 39.6 Å². The Hall–Kier alpha value is -2.83. The molecular weight excluding hydrogens is 756 g/mol. The summed E-state index contributed by atoms with van der Waals surface area (Å²) in [5, 5.41) is 0. The molecule has 7 nitrogen and oxygen atoms in total. The van der Waals surface area contributed by atoms with Crippen LogP contribution in [0.15, 0.2) is 91.0 Å². The molecule has 59 heavy (non-hydrogen) atoms. The van der Waals surface area contributed by atoms with Crippen LogP contribution >= 0.6 is 7.82 Å². The first-order chi connectivity index (χ1) is 29.2. The lowest BCUT2D eigenvalue weighted by atomic mass is 10.1. The Morgan fingerprint density at radius 1 is 0.254 bits per heavy atom. The van der Waals surface area contributed by atoms with Gasteiger partial charge in [-0.1, -0.05) is 189 Å². The predicted octanol–water partition coefficient (Wildman–Crippen LogP) is 15.9. The largest absolute Gasteiger partial charge is 0.494 e. The zero-order valence-electron chi connectivity index (χ0n) is 36.8. The van der Waals surface area contributed by atoms with Crippen molar-refractivity contribution in [2.24, 2.45) is 0 Å². The van der Waals surface area contributed by atoms with E-state index in [2.05, 4.69) is 0 Å². The molecule has 0 aromatic heterocycles. The maximum atomic E-state index is 13.6. The standard InChI is InChI=1S/C51H81O7P/c52-59(56-46-34-19-13-7-1-4-10-16-31-43-53-49-37-25-22-26-38-49,57-47-35-20-14-8-2-5-11-17-32-44-54-50-39-27-23-28-40-50)58-48-36-21-15-9-3-6-12-18-33-45-55-51-41-29-24-30-42-51/h22-30,37-42H,1-21,31-36,43-48H2. The Morgan fingerprint density at radius 3 is 0.661 bits per heavy atom. The van der Waals surface area contributed by atoms with Crippen molar-refractivity contribution >= 4 is 7.82 Å². The van der Waals surface area contributed by atoms with Crippen molar-refractivity contribution in [2.45, 2.75) is 173 Å². The molecule has 0 spiro atoms. The molecule has 0 atom stereocenters. The highest BCUT2D eigenvalue weighted by Gasteiger charge is 2.26. The minimum absolute atomic E-state index is 0.426. The molecule has 0 aliphatic heterocycles. The molecule has 0 bridgehead atoms. The molecule has 0 aliphatic rings. The Labute approximate surface area is 360 Å². The van der Waals surface area contributed by atoms with Crippen LogP contribution in [-0.2, 0) is 18.1 Å². The van der Waals surface area contributed by atoms with Crippen molar-refractivity contribution in [3.05, 3.63) is 91.0 Å². The van der Waals surface area contributed by atoms with Crippen LogP contribution in [0.4, 0.5) is 0 Å². The van der Waals surface area contributed by atoms with Gasteiger partial charge in [0.1, 0.15) is 17.2 Å². The summed E-state index contributed by atoms with van der Waals surface area (Å²) in [6.07, 6.45) is 31.5. The average molecular weight is 837 g/mol. The molecule has 3 aromatic rings. The number of hydrogen-bond donors (Lipinski definition) is 0. The zero-order chi connectivity index (χ0) is 41.4. The molecule has 0 fully saturated rings. The third-order valence-corrected chi connectivity index (χ3v) is 12.1. The van der Waals surface area contributed by atoms with Crippen molar-refractivity contribution in [1.82, 2.24) is 0 Å². The number of benzene rings is 3. The number of hydrogen-bond acceptors (Lipinski definition) is 7. The Morgan fingerprint density at radius 2 is 0.441 bits per heavy atom. The van der Waals surface area contributed by atoms with E-state index in [-0.39, 0.29) is 0 Å². The van der Waals surface area contributed by atoms with Gasteiger partial charge in [-0.15, -0.1) is 0 Å². The van der Waals surface area contributed by atoms with Gasteiger partial charge in [0.2, 0.25) is 0 Å². The van der Waals surface area contributed by atoms with Gasteiger partial charge in [-0.3, -0.25) is 13.6 Å². The molecule has 3 aromatic carbocycles. The van der Waals surface area contributed by atoms with Gasteiger partial charge < -0.3 is 14.2 Å². The quantitative estimate of drug-likeness (QED) is 0.0416. The minimum Gasteiger partial charge on any atom is -0.494 e. The van der Waals surface area contributed by atoms with Crippen LogP contribution in [0.1, 0.15) is 173 Å². The molecule has 3 rings (SSSR count). The van der Waals surface area contributed by atoms with E-state index < -0.39 is 7.82 Å². The summed E-state index contributed by atoms with van der Waals surface area (Å²) in [5.41, 5.74) is 0. The van der Waals surface area contributed by atoms with Crippen LogP contribution in [-0.4, -0.2) is 39.6 Å². The summed E-state index contributed by atoms with van der Waals surface area (Å²) in [7, 11) is -3.55. The van der Waals surface area contributed by atoms with E-state index >= 15 is 0 Å². The van der Waals surface area contributed by atoms with Gasteiger partial charge in [0.05, 0.1) is 39.6 Å². The van der Waals surface area contributed by atoms with Gasteiger partial charge in [0, 0.05) is 0 Å². The Kier molecular flexibility index (Phi) is 31.7. The topological polar surface area (TPSA) is 72.5 Å². The van der Waals surface area contributed by atoms with Crippen LogP contribution in [0.25, 0.3) is 0 Å². The lowest BCUT2D eigenvalue weighted by Gasteiger charge is -2.18. The first-order valence-electron chi connectivity index (χ1n) is 23.8. The van der Waals surface area contributed by atoms with Crippen LogP contribution in [0.5, 0.6) is 17.2 Å². The molecule has 0 N–H and O–H groups in total. The van der Waals surface area contributed by atoms with E-state index in [9.17, 15) is 4.57 Å². The zero-order valence-corrected chi connectivity index (χ0v) is 37.7. The van der Waals surface area contributed by atoms with E-state index in [1.807, 2.05) is 91.0 Å². The fourth-order valence-electron chi connectivity index (χ4n) is 7.09. The van der Waals surface area contributed by atoms with Gasteiger partial charge in [-0.25, -0.2) is 4.57 Å². The van der Waals surface area contributed by atoms with Gasteiger partial charge >= 0.3 is 7.82 Å². The number of ether oxygens (including phenoxy) is 3. The van der Waals surface area contributed by atoms with Crippen LogP contribution in [0.2, 0.25) is 0 Å². The Bertz CT molecular complexity index is 1200. The van der Waals surface area contributed by atoms with Crippen molar-refractivity contribution in [3.63, 3.8) is 0 Å². The minimum atomic E-state index is -3.55. The number of unbranched alkanes of at least 4 members (excludes halogenated alkanes) is 24. The summed E-state index contributed by atoms with van der Waals surface area (Å²) in [5.74, 6) is 2.88. The highest BCUT2D eigenvalue weighted by Crippen LogP contribution is 2.50. The molecule has 0 radical (unpaired) electrons. The summed E-state index contributed by atoms with van der Waals surface area (Å²) in [6, 6.07) is 30.2. The molecule has 332 valence electrons. The van der Waals surface area contributed by atoms with E-state index in [0.717, 1.165) is 94.9 Å². The van der Waals surface area contributed by atoms with Gasteiger partial charge in [-0.05, 0) is 74.9 Å². The first kappa shape index (κ1) is 50.5. The molecule has 0 heterocycles. The summed E-state index contributed by atoms with van der Waals surface area (Å²) < 4.78 is 48.6. The summed E-state index contributed by atoms with van der Waals surface area (Å²) >= 11 is 0.